The van der Waals surface area contributed by atoms with Crippen LogP contribution in [0.2, 0.25) is 0 Å². The fraction of sp³-hybridized carbons (Fsp3) is 0.250. The van der Waals surface area contributed by atoms with Crippen molar-refractivity contribution in [1.29, 1.82) is 0 Å². The number of rotatable bonds is 6. The second-order valence-corrected chi connectivity index (χ2v) is 7.27. The van der Waals surface area contributed by atoms with Gasteiger partial charge in [0.1, 0.15) is 5.01 Å². The van der Waals surface area contributed by atoms with Gasteiger partial charge in [-0.2, -0.15) is 0 Å². The Morgan fingerprint density at radius 2 is 1.96 bits per heavy atom. The largest absolute Gasteiger partial charge is 0.390 e. The number of anilines is 1. The molecule has 0 radical (unpaired) electrons. The highest BCUT2D eigenvalue weighted by atomic mass is 35.5. The summed E-state index contributed by atoms with van der Waals surface area (Å²) in [4.78, 5) is 4.79. The molecule has 1 heterocycles. The van der Waals surface area contributed by atoms with E-state index in [2.05, 4.69) is 42.7 Å². The van der Waals surface area contributed by atoms with Crippen LogP contribution in [0.4, 0.5) is 5.69 Å². The first-order valence-corrected chi connectivity index (χ1v) is 9.59. The molecule has 0 fully saturated rings. The van der Waals surface area contributed by atoms with E-state index in [1.54, 1.807) is 11.3 Å². The summed E-state index contributed by atoms with van der Waals surface area (Å²) in [5, 5.41) is 15.8. The summed E-state index contributed by atoms with van der Waals surface area (Å²) in [6.07, 6.45) is -0.554. The highest BCUT2D eigenvalue weighted by Gasteiger charge is 2.09. The first-order valence-electron chi connectivity index (χ1n) is 8.18. The van der Waals surface area contributed by atoms with Crippen LogP contribution >= 0.6 is 22.9 Å². The Hall–Kier alpha value is -1.88. The fourth-order valence-electron chi connectivity index (χ4n) is 2.49. The van der Waals surface area contributed by atoms with E-state index >= 15 is 0 Å². The van der Waals surface area contributed by atoms with Gasteiger partial charge in [-0.3, -0.25) is 0 Å². The lowest BCUT2D eigenvalue weighted by atomic mass is 10.1. The molecule has 1 aromatic heterocycles. The summed E-state index contributed by atoms with van der Waals surface area (Å²) in [6, 6.07) is 14.5. The van der Waals surface area contributed by atoms with Gasteiger partial charge in [0.05, 0.1) is 17.7 Å². The molecule has 5 heteroatoms. The van der Waals surface area contributed by atoms with Crippen molar-refractivity contribution >= 4 is 28.6 Å². The molecule has 2 N–H and O–H groups in total. The van der Waals surface area contributed by atoms with Crippen molar-refractivity contribution < 1.29 is 5.11 Å². The summed E-state index contributed by atoms with van der Waals surface area (Å²) < 4.78 is 0. The maximum absolute atomic E-state index is 9.57. The topological polar surface area (TPSA) is 45.1 Å². The smallest absolute Gasteiger partial charge is 0.124 e. The summed E-state index contributed by atoms with van der Waals surface area (Å²) in [7, 11) is 0. The molecule has 0 saturated heterocycles. The average molecular weight is 373 g/mol. The van der Waals surface area contributed by atoms with Crippen molar-refractivity contribution in [2.75, 3.05) is 17.7 Å². The molecule has 1 atom stereocenters. The first-order chi connectivity index (χ1) is 12.1. The molecule has 0 bridgehead atoms. The van der Waals surface area contributed by atoms with Crippen molar-refractivity contribution in [3.8, 4) is 21.8 Å². The van der Waals surface area contributed by atoms with Crippen LogP contribution in [0.25, 0.3) is 21.8 Å². The molecule has 0 spiro atoms. The molecule has 0 aliphatic rings. The van der Waals surface area contributed by atoms with E-state index < -0.39 is 6.10 Å². The summed E-state index contributed by atoms with van der Waals surface area (Å²) in [5.41, 5.74) is 6.72. The molecule has 3 rings (SSSR count). The molecule has 2 aromatic carbocycles. The molecule has 130 valence electrons. The Labute approximate surface area is 157 Å². The van der Waals surface area contributed by atoms with Gasteiger partial charge >= 0.3 is 0 Å². The Balaban J connectivity index is 1.81. The monoisotopic (exact) mass is 372 g/mol. The third-order valence-corrected chi connectivity index (χ3v) is 5.38. The van der Waals surface area contributed by atoms with E-state index in [1.807, 2.05) is 24.3 Å². The quantitative estimate of drug-likeness (QED) is 0.591. The Morgan fingerprint density at radius 3 is 2.72 bits per heavy atom. The number of aliphatic hydroxyl groups is 1. The third kappa shape index (κ3) is 4.40. The summed E-state index contributed by atoms with van der Waals surface area (Å²) >= 11 is 7.26. The van der Waals surface area contributed by atoms with Gasteiger partial charge in [0.15, 0.2) is 0 Å². The predicted octanol–water partition coefficient (Wildman–Crippen LogP) is 5.11. The molecule has 3 nitrogen and oxygen atoms in total. The van der Waals surface area contributed by atoms with E-state index in [1.165, 1.54) is 11.1 Å². The number of hydrogen-bond acceptors (Lipinski definition) is 4. The zero-order chi connectivity index (χ0) is 17.8. The van der Waals surface area contributed by atoms with Gasteiger partial charge in [0.2, 0.25) is 0 Å². The SMILES string of the molecule is Cc1ccc(-c2csc(-c3cccc(NCC(O)CCl)c3)n2)cc1C. The zero-order valence-electron chi connectivity index (χ0n) is 14.3. The second kappa shape index (κ2) is 8.00. The molecule has 0 aliphatic carbocycles. The van der Waals surface area contributed by atoms with Crippen LogP contribution < -0.4 is 5.32 Å². The lowest BCUT2D eigenvalue weighted by molar-refractivity contribution is 0.211. The molecule has 25 heavy (non-hydrogen) atoms. The number of aliphatic hydroxyl groups excluding tert-OH is 1. The maximum atomic E-state index is 9.57. The van der Waals surface area contributed by atoms with E-state index in [0.717, 1.165) is 27.5 Å². The molecule has 0 amide bonds. The maximum Gasteiger partial charge on any atom is 0.124 e. The highest BCUT2D eigenvalue weighted by Crippen LogP contribution is 2.30. The van der Waals surface area contributed by atoms with Crippen molar-refractivity contribution in [3.05, 3.63) is 59.0 Å². The summed E-state index contributed by atoms with van der Waals surface area (Å²) in [6.45, 7) is 4.67. The first kappa shape index (κ1) is 17.9. The second-order valence-electron chi connectivity index (χ2n) is 6.11. The van der Waals surface area contributed by atoms with Crippen LogP contribution in [-0.4, -0.2) is 28.6 Å². The highest BCUT2D eigenvalue weighted by molar-refractivity contribution is 7.13. The fourth-order valence-corrected chi connectivity index (χ4v) is 3.43. The van der Waals surface area contributed by atoms with Crippen molar-refractivity contribution in [2.24, 2.45) is 0 Å². The van der Waals surface area contributed by atoms with Gasteiger partial charge in [-0.1, -0.05) is 24.3 Å². The normalized spacial score (nSPS) is 12.2. The van der Waals surface area contributed by atoms with E-state index in [0.29, 0.717) is 6.54 Å². The molecule has 0 aliphatic heterocycles. The average Bonchev–Trinajstić information content (AvgIpc) is 3.12. The van der Waals surface area contributed by atoms with Crippen LogP contribution in [0.1, 0.15) is 11.1 Å². The minimum atomic E-state index is -0.554. The number of benzene rings is 2. The third-order valence-electron chi connectivity index (χ3n) is 4.14. The number of halogens is 1. The predicted molar refractivity (Wildman–Crippen MR) is 108 cm³/mol. The minimum Gasteiger partial charge on any atom is -0.390 e. The summed E-state index contributed by atoms with van der Waals surface area (Å²) in [5.74, 6) is 0.221. The van der Waals surface area contributed by atoms with E-state index in [9.17, 15) is 5.11 Å². The van der Waals surface area contributed by atoms with Gasteiger partial charge < -0.3 is 10.4 Å². The number of aromatic nitrogens is 1. The lowest BCUT2D eigenvalue weighted by Crippen LogP contribution is -2.20. The van der Waals surface area contributed by atoms with Crippen LogP contribution in [0.15, 0.2) is 47.8 Å². The van der Waals surface area contributed by atoms with Crippen molar-refractivity contribution in [3.63, 3.8) is 0 Å². The molecular weight excluding hydrogens is 352 g/mol. The van der Waals surface area contributed by atoms with Crippen LogP contribution in [0.5, 0.6) is 0 Å². The van der Waals surface area contributed by atoms with E-state index in [4.69, 9.17) is 16.6 Å². The molecule has 1 unspecified atom stereocenters. The van der Waals surface area contributed by atoms with Crippen LogP contribution in [0.3, 0.4) is 0 Å². The molecule has 3 aromatic rings. The van der Waals surface area contributed by atoms with Gasteiger partial charge in [-0.05, 0) is 43.2 Å². The van der Waals surface area contributed by atoms with Gasteiger partial charge in [-0.25, -0.2) is 4.98 Å². The van der Waals surface area contributed by atoms with Crippen LogP contribution in [-0.2, 0) is 0 Å². The zero-order valence-corrected chi connectivity index (χ0v) is 15.9. The molecular formula is C20H21ClN2OS. The van der Waals surface area contributed by atoms with E-state index in [-0.39, 0.29) is 5.88 Å². The van der Waals surface area contributed by atoms with Gasteiger partial charge in [0.25, 0.3) is 0 Å². The number of aryl methyl sites for hydroxylation is 2. The van der Waals surface area contributed by atoms with Crippen molar-refractivity contribution in [2.45, 2.75) is 20.0 Å². The number of nitrogens with zero attached hydrogens (tertiary/aromatic N) is 1. The number of hydrogen-bond donors (Lipinski definition) is 2. The van der Waals surface area contributed by atoms with Crippen LogP contribution in [0, 0.1) is 13.8 Å². The lowest BCUT2D eigenvalue weighted by Gasteiger charge is -2.10. The Morgan fingerprint density at radius 1 is 1.12 bits per heavy atom. The van der Waals surface area contributed by atoms with Crippen molar-refractivity contribution in [1.82, 2.24) is 4.98 Å². The van der Waals surface area contributed by atoms with Gasteiger partial charge in [0, 0.05) is 28.7 Å². The molecule has 0 saturated carbocycles. The number of nitrogens with one attached hydrogen (secondary N) is 1. The van der Waals surface area contributed by atoms with Gasteiger partial charge in [-0.15, -0.1) is 22.9 Å². The number of thiazole rings is 1. The Kier molecular flexibility index (Phi) is 5.74. The Bertz CT molecular complexity index is 862. The minimum absolute atomic E-state index is 0.221. The standard InChI is InChI=1S/C20H21ClN2OS/c1-13-6-7-15(8-14(13)2)19-12-25-20(23-19)16-4-3-5-17(9-16)22-11-18(24)10-21/h3-9,12,18,22,24H,10-11H2,1-2H3. The number of alkyl halides is 1.